The molecule has 1 saturated carbocycles. The van der Waals surface area contributed by atoms with Crippen molar-refractivity contribution in [2.45, 2.75) is 62.8 Å². The molecule has 1 amide bonds. The van der Waals surface area contributed by atoms with Crippen molar-refractivity contribution in [3.05, 3.63) is 0 Å². The van der Waals surface area contributed by atoms with Gasteiger partial charge in [-0.25, -0.2) is 0 Å². The van der Waals surface area contributed by atoms with Gasteiger partial charge < -0.3 is 10.6 Å². The number of rotatable bonds is 5. The molecule has 1 aliphatic heterocycles. The molecule has 0 aromatic carbocycles. The molecule has 2 fully saturated rings. The van der Waals surface area contributed by atoms with Crippen LogP contribution in [-0.4, -0.2) is 35.5 Å². The molecule has 1 aliphatic carbocycles. The molecule has 2 N–H and O–H groups in total. The van der Waals surface area contributed by atoms with Crippen molar-refractivity contribution >= 4 is 30.1 Å². The number of nitrogens with one attached hydrogen (secondary N) is 2. The Morgan fingerprint density at radius 1 is 1.33 bits per heavy atom. The first-order chi connectivity index (χ1) is 8.29. The van der Waals surface area contributed by atoms with E-state index in [1.54, 1.807) is 0 Å². The summed E-state index contributed by atoms with van der Waals surface area (Å²) in [5.41, 5.74) is 0. The predicted octanol–water partition coefficient (Wildman–Crippen LogP) is 2.34. The van der Waals surface area contributed by atoms with Crippen LogP contribution in [0.25, 0.3) is 0 Å². The Morgan fingerprint density at radius 2 is 2.17 bits per heavy atom. The first-order valence-corrected chi connectivity index (χ1v) is 7.99. The molecule has 2 rings (SSSR count). The molecule has 0 bridgehead atoms. The molecule has 1 saturated heterocycles. The molecular weight excluding hydrogens is 268 g/mol. The number of thioether (sulfide) groups is 1. The van der Waals surface area contributed by atoms with Crippen LogP contribution in [0.2, 0.25) is 0 Å². The van der Waals surface area contributed by atoms with Gasteiger partial charge in [0, 0.05) is 23.8 Å². The standard InChI is InChI=1S/C13H24N2OS.ClH/c1-2-17-12-7-3-6-11(12)15-13(16)9-10-5-4-8-14-10;/h10-12,14H,2-9H2,1H3,(H,15,16);1H. The van der Waals surface area contributed by atoms with Crippen molar-refractivity contribution in [2.75, 3.05) is 12.3 Å². The van der Waals surface area contributed by atoms with E-state index < -0.39 is 0 Å². The van der Waals surface area contributed by atoms with Crippen molar-refractivity contribution in [3.8, 4) is 0 Å². The third-order valence-corrected chi connectivity index (χ3v) is 5.10. The Balaban J connectivity index is 0.00000162. The van der Waals surface area contributed by atoms with Crippen LogP contribution >= 0.6 is 24.2 Å². The molecule has 0 aromatic heterocycles. The summed E-state index contributed by atoms with van der Waals surface area (Å²) in [6.45, 7) is 3.28. The Morgan fingerprint density at radius 3 is 2.83 bits per heavy atom. The molecule has 0 radical (unpaired) electrons. The van der Waals surface area contributed by atoms with Gasteiger partial charge in [0.05, 0.1) is 0 Å². The highest BCUT2D eigenvalue weighted by molar-refractivity contribution is 7.99. The van der Waals surface area contributed by atoms with Gasteiger partial charge in [0.25, 0.3) is 0 Å². The summed E-state index contributed by atoms with van der Waals surface area (Å²) in [4.78, 5) is 11.9. The van der Waals surface area contributed by atoms with Crippen LogP contribution in [-0.2, 0) is 4.79 Å². The minimum atomic E-state index is 0. The fourth-order valence-corrected chi connectivity index (χ4v) is 4.12. The summed E-state index contributed by atoms with van der Waals surface area (Å²) in [7, 11) is 0. The smallest absolute Gasteiger partial charge is 0.221 e. The lowest BCUT2D eigenvalue weighted by Gasteiger charge is -2.21. The Bertz CT molecular complexity index is 259. The minimum absolute atomic E-state index is 0. The average Bonchev–Trinajstić information content (AvgIpc) is 2.92. The van der Waals surface area contributed by atoms with Crippen LogP contribution < -0.4 is 10.6 Å². The highest BCUT2D eigenvalue weighted by Crippen LogP contribution is 2.29. The van der Waals surface area contributed by atoms with Crippen LogP contribution in [0.5, 0.6) is 0 Å². The summed E-state index contributed by atoms with van der Waals surface area (Å²) in [6.07, 6.45) is 6.75. The fraction of sp³-hybridized carbons (Fsp3) is 0.923. The fourth-order valence-electron chi connectivity index (χ4n) is 2.93. The lowest BCUT2D eigenvalue weighted by atomic mass is 10.1. The van der Waals surface area contributed by atoms with Crippen molar-refractivity contribution in [3.63, 3.8) is 0 Å². The van der Waals surface area contributed by atoms with Crippen LogP contribution in [0.1, 0.15) is 45.4 Å². The predicted molar refractivity (Wildman–Crippen MR) is 80.6 cm³/mol. The van der Waals surface area contributed by atoms with Gasteiger partial charge in [-0.2, -0.15) is 11.8 Å². The second-order valence-electron chi connectivity index (χ2n) is 5.10. The van der Waals surface area contributed by atoms with E-state index in [0.29, 0.717) is 23.8 Å². The maximum absolute atomic E-state index is 11.9. The molecule has 0 aromatic rings. The van der Waals surface area contributed by atoms with E-state index in [-0.39, 0.29) is 18.3 Å². The molecule has 3 nitrogen and oxygen atoms in total. The van der Waals surface area contributed by atoms with E-state index in [9.17, 15) is 4.79 Å². The van der Waals surface area contributed by atoms with Crippen LogP contribution in [0.3, 0.4) is 0 Å². The van der Waals surface area contributed by atoms with Crippen molar-refractivity contribution < 1.29 is 4.79 Å². The van der Waals surface area contributed by atoms with Gasteiger partial charge in [0.1, 0.15) is 0 Å². The molecule has 3 atom stereocenters. The number of carbonyl (C=O) groups excluding carboxylic acids is 1. The molecular formula is C13H25ClN2OS. The number of hydrogen-bond acceptors (Lipinski definition) is 3. The third-order valence-electron chi connectivity index (χ3n) is 3.77. The van der Waals surface area contributed by atoms with Crippen LogP contribution in [0, 0.1) is 0 Å². The Hall–Kier alpha value is 0.0700. The molecule has 0 spiro atoms. The van der Waals surface area contributed by atoms with Gasteiger partial charge >= 0.3 is 0 Å². The second kappa shape index (κ2) is 8.28. The highest BCUT2D eigenvalue weighted by Gasteiger charge is 2.29. The van der Waals surface area contributed by atoms with E-state index in [4.69, 9.17) is 0 Å². The van der Waals surface area contributed by atoms with Crippen molar-refractivity contribution in [1.29, 1.82) is 0 Å². The number of hydrogen-bond donors (Lipinski definition) is 2. The van der Waals surface area contributed by atoms with E-state index >= 15 is 0 Å². The molecule has 2 aliphatic rings. The van der Waals surface area contributed by atoms with Gasteiger partial charge in [-0.3, -0.25) is 4.79 Å². The topological polar surface area (TPSA) is 41.1 Å². The van der Waals surface area contributed by atoms with Gasteiger partial charge in [-0.05, 0) is 38.0 Å². The Labute approximate surface area is 121 Å². The van der Waals surface area contributed by atoms with Gasteiger partial charge in [-0.1, -0.05) is 13.3 Å². The van der Waals surface area contributed by atoms with E-state index in [0.717, 1.165) is 18.7 Å². The van der Waals surface area contributed by atoms with Gasteiger partial charge in [0.15, 0.2) is 0 Å². The SMILES string of the molecule is CCSC1CCCC1NC(=O)CC1CCCN1.Cl. The summed E-state index contributed by atoms with van der Waals surface area (Å²) < 4.78 is 0. The van der Waals surface area contributed by atoms with E-state index in [1.807, 2.05) is 11.8 Å². The maximum atomic E-state index is 11.9. The number of carbonyl (C=O) groups is 1. The lowest BCUT2D eigenvalue weighted by molar-refractivity contribution is -0.122. The van der Waals surface area contributed by atoms with Crippen molar-refractivity contribution in [2.24, 2.45) is 0 Å². The highest BCUT2D eigenvalue weighted by atomic mass is 35.5. The largest absolute Gasteiger partial charge is 0.352 e. The zero-order valence-corrected chi connectivity index (χ0v) is 12.7. The van der Waals surface area contributed by atoms with Crippen LogP contribution in [0.4, 0.5) is 0 Å². The zero-order chi connectivity index (χ0) is 12.1. The molecule has 3 unspecified atom stereocenters. The van der Waals surface area contributed by atoms with Gasteiger partial charge in [0.2, 0.25) is 5.91 Å². The molecule has 1 heterocycles. The molecule has 18 heavy (non-hydrogen) atoms. The first-order valence-electron chi connectivity index (χ1n) is 6.94. The minimum Gasteiger partial charge on any atom is -0.352 e. The number of halogens is 1. The lowest BCUT2D eigenvalue weighted by Crippen LogP contribution is -2.41. The van der Waals surface area contributed by atoms with E-state index in [1.165, 1.54) is 25.7 Å². The van der Waals surface area contributed by atoms with Crippen molar-refractivity contribution in [1.82, 2.24) is 10.6 Å². The van der Waals surface area contributed by atoms with Gasteiger partial charge in [-0.15, -0.1) is 12.4 Å². The number of amides is 1. The summed E-state index contributed by atoms with van der Waals surface area (Å²) in [5.74, 6) is 1.40. The zero-order valence-electron chi connectivity index (χ0n) is 11.1. The quantitative estimate of drug-likeness (QED) is 0.817. The Kier molecular flexibility index (Phi) is 7.42. The second-order valence-corrected chi connectivity index (χ2v) is 6.61. The maximum Gasteiger partial charge on any atom is 0.221 e. The van der Waals surface area contributed by atoms with E-state index in [2.05, 4.69) is 17.6 Å². The summed E-state index contributed by atoms with van der Waals surface area (Å²) >= 11 is 2.00. The normalized spacial score (nSPS) is 31.1. The summed E-state index contributed by atoms with van der Waals surface area (Å²) in [5, 5.41) is 7.28. The molecule has 5 heteroatoms. The monoisotopic (exact) mass is 292 g/mol. The van der Waals surface area contributed by atoms with Crippen LogP contribution in [0.15, 0.2) is 0 Å². The average molecular weight is 293 g/mol. The third kappa shape index (κ3) is 4.63. The first kappa shape index (κ1) is 16.1. The molecule has 106 valence electrons. The summed E-state index contributed by atoms with van der Waals surface area (Å²) in [6, 6.07) is 0.850.